The normalized spacial score (nSPS) is 11.6. The molecule has 0 spiro atoms. The van der Waals surface area contributed by atoms with Crippen molar-refractivity contribution in [2.24, 2.45) is 5.10 Å². The van der Waals surface area contributed by atoms with E-state index in [1.54, 1.807) is 18.2 Å². The Morgan fingerprint density at radius 3 is 2.75 bits per heavy atom. The molecule has 1 aromatic rings. The molecule has 6 nitrogen and oxygen atoms in total. The summed E-state index contributed by atoms with van der Waals surface area (Å²) in [7, 11) is 1.47. The number of carbonyl (C=O) groups is 1. The van der Waals surface area contributed by atoms with Crippen LogP contribution in [0.1, 0.15) is 26.3 Å². The summed E-state index contributed by atoms with van der Waals surface area (Å²) in [5.74, 6) is 0.0917. The summed E-state index contributed by atoms with van der Waals surface area (Å²) in [4.78, 5) is 11.5. The van der Waals surface area contributed by atoms with Gasteiger partial charge in [-0.2, -0.15) is 5.10 Å². The third-order valence-electron chi connectivity index (χ3n) is 2.42. The van der Waals surface area contributed by atoms with Crippen molar-refractivity contribution < 1.29 is 14.6 Å². The standard InChI is InChI=1S/C14H21N3O3/c1-14(2,3)15-9-12(18)17-16-8-10-6-5-7-11(20-4)13(10)19/h5-8,15,19H,9H2,1-4H3,(H,17,18)/b16-8+. The molecule has 0 saturated carbocycles. The maximum Gasteiger partial charge on any atom is 0.254 e. The molecular formula is C14H21N3O3. The minimum atomic E-state index is -0.251. The van der Waals surface area contributed by atoms with Crippen LogP contribution in [0, 0.1) is 0 Å². The first-order valence-electron chi connectivity index (χ1n) is 6.26. The summed E-state index contributed by atoms with van der Waals surface area (Å²) in [6.45, 7) is 6.08. The molecule has 0 aromatic heterocycles. The van der Waals surface area contributed by atoms with E-state index in [0.29, 0.717) is 11.3 Å². The second kappa shape index (κ2) is 6.91. The van der Waals surface area contributed by atoms with Crippen LogP contribution in [0.2, 0.25) is 0 Å². The minimum Gasteiger partial charge on any atom is -0.504 e. The average molecular weight is 279 g/mol. The Bertz CT molecular complexity index is 493. The quantitative estimate of drug-likeness (QED) is 0.559. The van der Waals surface area contributed by atoms with Gasteiger partial charge in [0.05, 0.1) is 19.9 Å². The van der Waals surface area contributed by atoms with Gasteiger partial charge in [0, 0.05) is 11.1 Å². The largest absolute Gasteiger partial charge is 0.504 e. The van der Waals surface area contributed by atoms with Crippen LogP contribution in [0.15, 0.2) is 23.3 Å². The van der Waals surface area contributed by atoms with Crippen molar-refractivity contribution in [3.05, 3.63) is 23.8 Å². The molecule has 0 heterocycles. The van der Waals surface area contributed by atoms with Crippen LogP contribution in [0.3, 0.4) is 0 Å². The summed E-state index contributed by atoms with van der Waals surface area (Å²) >= 11 is 0. The van der Waals surface area contributed by atoms with E-state index in [1.807, 2.05) is 20.8 Å². The second-order valence-electron chi connectivity index (χ2n) is 5.29. The fourth-order valence-corrected chi connectivity index (χ4v) is 1.37. The van der Waals surface area contributed by atoms with E-state index >= 15 is 0 Å². The molecule has 110 valence electrons. The number of hydrazone groups is 1. The monoisotopic (exact) mass is 279 g/mol. The zero-order valence-corrected chi connectivity index (χ0v) is 12.2. The molecule has 3 N–H and O–H groups in total. The van der Waals surface area contributed by atoms with Crippen LogP contribution >= 0.6 is 0 Å². The number of aromatic hydroxyl groups is 1. The van der Waals surface area contributed by atoms with Gasteiger partial charge in [0.25, 0.3) is 5.91 Å². The number of hydrogen-bond donors (Lipinski definition) is 3. The Hall–Kier alpha value is -2.08. The molecule has 0 atom stereocenters. The summed E-state index contributed by atoms with van der Waals surface area (Å²) in [5, 5.41) is 16.7. The third-order valence-corrected chi connectivity index (χ3v) is 2.42. The molecule has 0 fully saturated rings. The lowest BCUT2D eigenvalue weighted by atomic mass is 10.1. The van der Waals surface area contributed by atoms with Gasteiger partial charge in [-0.05, 0) is 32.9 Å². The van der Waals surface area contributed by atoms with Gasteiger partial charge in [0.2, 0.25) is 0 Å². The number of nitrogens with one attached hydrogen (secondary N) is 2. The van der Waals surface area contributed by atoms with Gasteiger partial charge in [-0.25, -0.2) is 5.43 Å². The van der Waals surface area contributed by atoms with E-state index in [1.165, 1.54) is 13.3 Å². The van der Waals surface area contributed by atoms with Gasteiger partial charge in [0.1, 0.15) is 0 Å². The molecule has 0 aliphatic heterocycles. The van der Waals surface area contributed by atoms with E-state index in [2.05, 4.69) is 15.8 Å². The maximum atomic E-state index is 11.5. The lowest BCUT2D eigenvalue weighted by Crippen LogP contribution is -2.42. The number of amides is 1. The predicted molar refractivity (Wildman–Crippen MR) is 78.2 cm³/mol. The lowest BCUT2D eigenvalue weighted by Gasteiger charge is -2.19. The van der Waals surface area contributed by atoms with Crippen LogP contribution in [-0.2, 0) is 4.79 Å². The Labute approximate surface area is 118 Å². The Morgan fingerprint density at radius 2 is 2.15 bits per heavy atom. The molecule has 0 saturated heterocycles. The van der Waals surface area contributed by atoms with Crippen LogP contribution in [0.25, 0.3) is 0 Å². The first-order chi connectivity index (χ1) is 9.33. The molecule has 0 unspecified atom stereocenters. The number of carbonyl (C=O) groups excluding carboxylic acids is 1. The van der Waals surface area contributed by atoms with Gasteiger partial charge in [-0.3, -0.25) is 4.79 Å². The van der Waals surface area contributed by atoms with E-state index in [0.717, 1.165) is 0 Å². The highest BCUT2D eigenvalue weighted by molar-refractivity contribution is 5.86. The van der Waals surface area contributed by atoms with Crippen molar-refractivity contribution in [1.29, 1.82) is 0 Å². The Balaban J connectivity index is 2.55. The molecule has 1 amide bonds. The number of rotatable bonds is 5. The summed E-state index contributed by atoms with van der Waals surface area (Å²) in [6.07, 6.45) is 1.37. The molecule has 0 aliphatic rings. The predicted octanol–water partition coefficient (Wildman–Crippen LogP) is 1.24. The number of benzene rings is 1. The Kier molecular flexibility index (Phi) is 5.52. The highest BCUT2D eigenvalue weighted by Gasteiger charge is 2.10. The van der Waals surface area contributed by atoms with Crippen molar-refractivity contribution in [1.82, 2.24) is 10.7 Å². The fraction of sp³-hybridized carbons (Fsp3) is 0.429. The summed E-state index contributed by atoms with van der Waals surface area (Å²) in [5.41, 5.74) is 2.72. The van der Waals surface area contributed by atoms with Gasteiger partial charge in [-0.1, -0.05) is 6.07 Å². The molecule has 0 radical (unpaired) electrons. The third kappa shape index (κ3) is 5.27. The topological polar surface area (TPSA) is 83.0 Å². The molecule has 1 rings (SSSR count). The van der Waals surface area contributed by atoms with Crippen molar-refractivity contribution in [3.63, 3.8) is 0 Å². The van der Waals surface area contributed by atoms with E-state index < -0.39 is 0 Å². The molecular weight excluding hydrogens is 258 g/mol. The molecule has 0 aliphatic carbocycles. The SMILES string of the molecule is COc1cccc(/C=N/NC(=O)CNC(C)(C)C)c1O. The van der Waals surface area contributed by atoms with Crippen LogP contribution in [-0.4, -0.2) is 36.4 Å². The van der Waals surface area contributed by atoms with Crippen LogP contribution in [0.4, 0.5) is 0 Å². The summed E-state index contributed by atoms with van der Waals surface area (Å²) in [6, 6.07) is 5.03. The van der Waals surface area contributed by atoms with Crippen LogP contribution in [0.5, 0.6) is 11.5 Å². The first kappa shape index (κ1) is 16.0. The van der Waals surface area contributed by atoms with Crippen molar-refractivity contribution in [3.8, 4) is 11.5 Å². The van der Waals surface area contributed by atoms with E-state index in [9.17, 15) is 9.90 Å². The first-order valence-corrected chi connectivity index (χ1v) is 6.26. The highest BCUT2D eigenvalue weighted by atomic mass is 16.5. The van der Waals surface area contributed by atoms with E-state index in [4.69, 9.17) is 4.74 Å². The van der Waals surface area contributed by atoms with Crippen molar-refractivity contribution >= 4 is 12.1 Å². The second-order valence-corrected chi connectivity index (χ2v) is 5.29. The molecule has 1 aromatic carbocycles. The zero-order valence-electron chi connectivity index (χ0n) is 12.2. The lowest BCUT2D eigenvalue weighted by molar-refractivity contribution is -0.120. The minimum absolute atomic E-state index is 0.0131. The number of hydrogen-bond acceptors (Lipinski definition) is 5. The molecule has 20 heavy (non-hydrogen) atoms. The molecule has 0 bridgehead atoms. The van der Waals surface area contributed by atoms with Crippen LogP contribution < -0.4 is 15.5 Å². The Morgan fingerprint density at radius 1 is 1.45 bits per heavy atom. The molecule has 6 heteroatoms. The van der Waals surface area contributed by atoms with E-state index in [-0.39, 0.29) is 23.7 Å². The van der Waals surface area contributed by atoms with Gasteiger partial charge >= 0.3 is 0 Å². The number of ether oxygens (including phenoxy) is 1. The fourth-order valence-electron chi connectivity index (χ4n) is 1.37. The van der Waals surface area contributed by atoms with Crippen molar-refractivity contribution in [2.75, 3.05) is 13.7 Å². The maximum absolute atomic E-state index is 11.5. The van der Waals surface area contributed by atoms with Gasteiger partial charge in [0.15, 0.2) is 11.5 Å². The van der Waals surface area contributed by atoms with Crippen molar-refractivity contribution in [2.45, 2.75) is 26.3 Å². The number of nitrogens with zero attached hydrogens (tertiary/aromatic N) is 1. The summed E-state index contributed by atoms with van der Waals surface area (Å²) < 4.78 is 4.98. The smallest absolute Gasteiger partial charge is 0.254 e. The van der Waals surface area contributed by atoms with Gasteiger partial charge in [-0.15, -0.1) is 0 Å². The number of methoxy groups -OCH3 is 1. The highest BCUT2D eigenvalue weighted by Crippen LogP contribution is 2.27. The average Bonchev–Trinajstić information content (AvgIpc) is 2.37. The number of para-hydroxylation sites is 1. The van der Waals surface area contributed by atoms with Gasteiger partial charge < -0.3 is 15.2 Å². The number of phenolic OH excluding ortho intramolecular Hbond substituents is 1. The number of phenols is 1. The zero-order chi connectivity index (χ0) is 15.2.